The number of imidazole rings is 1. The van der Waals surface area contributed by atoms with Crippen LogP contribution in [0.4, 0.5) is 5.82 Å². The van der Waals surface area contributed by atoms with Gasteiger partial charge in [-0.1, -0.05) is 13.8 Å². The molecule has 7 heteroatoms. The number of rotatable bonds is 4. The Bertz CT molecular complexity index is 756. The Morgan fingerprint density at radius 1 is 1.41 bits per heavy atom. The predicted octanol–water partition coefficient (Wildman–Crippen LogP) is 2.05. The summed E-state index contributed by atoms with van der Waals surface area (Å²) in [7, 11) is 1.56. The molecule has 1 fully saturated rings. The predicted molar refractivity (Wildman–Crippen MR) is 86.0 cm³/mol. The molecule has 0 unspecified atom stereocenters. The first-order valence-electron chi connectivity index (χ1n) is 7.43. The molecule has 22 heavy (non-hydrogen) atoms. The molecule has 0 radical (unpaired) electrons. The minimum Gasteiger partial charge on any atom is -0.354 e. The van der Waals surface area contributed by atoms with Crippen molar-refractivity contribution in [2.75, 3.05) is 12.4 Å². The maximum atomic E-state index is 11.9. The standard InChI is InChI=1S/C15H19N5O2.2H2/c1-8(2)10-6-12(18-14(21)9-4-5-9)19-20-11(15(22)16-3)7-17-13(10)20;;/h6-9H,4-5H2,1-3H3,(H,16,22)(H,18,19,21);2*1H. The molecule has 1 saturated carbocycles. The second kappa shape index (κ2) is 5.40. The number of anilines is 1. The maximum absolute atomic E-state index is 11.9. The van der Waals surface area contributed by atoms with Crippen molar-refractivity contribution in [3.05, 3.63) is 23.5 Å². The quantitative estimate of drug-likeness (QED) is 0.905. The van der Waals surface area contributed by atoms with Gasteiger partial charge in [-0.05, 0) is 24.8 Å². The molecule has 3 rings (SSSR count). The van der Waals surface area contributed by atoms with E-state index in [1.165, 1.54) is 10.7 Å². The van der Waals surface area contributed by atoms with Crippen LogP contribution in [-0.2, 0) is 4.79 Å². The van der Waals surface area contributed by atoms with Crippen molar-refractivity contribution in [3.63, 3.8) is 0 Å². The monoisotopic (exact) mass is 305 g/mol. The molecule has 2 aromatic heterocycles. The Hall–Kier alpha value is -2.44. The number of hydrogen-bond donors (Lipinski definition) is 2. The highest BCUT2D eigenvalue weighted by Crippen LogP contribution is 2.30. The summed E-state index contributed by atoms with van der Waals surface area (Å²) in [5, 5.41) is 9.76. The minimum absolute atomic E-state index is 0. The summed E-state index contributed by atoms with van der Waals surface area (Å²) >= 11 is 0. The number of fused-ring (bicyclic) bond motifs is 1. The summed E-state index contributed by atoms with van der Waals surface area (Å²) in [5.41, 5.74) is 1.93. The third-order valence-corrected chi connectivity index (χ3v) is 3.78. The third-order valence-electron chi connectivity index (χ3n) is 3.78. The Labute approximate surface area is 131 Å². The average Bonchev–Trinajstić information content (AvgIpc) is 3.26. The van der Waals surface area contributed by atoms with Gasteiger partial charge in [0, 0.05) is 21.4 Å². The molecule has 120 valence electrons. The Kier molecular flexibility index (Phi) is 3.56. The van der Waals surface area contributed by atoms with Crippen molar-refractivity contribution >= 4 is 23.3 Å². The zero-order chi connectivity index (χ0) is 15.9. The van der Waals surface area contributed by atoms with Gasteiger partial charge in [-0.15, -0.1) is 5.10 Å². The number of aromatic nitrogens is 3. The lowest BCUT2D eigenvalue weighted by Crippen LogP contribution is -2.21. The van der Waals surface area contributed by atoms with Gasteiger partial charge in [-0.2, -0.15) is 0 Å². The highest BCUT2D eigenvalue weighted by Gasteiger charge is 2.30. The van der Waals surface area contributed by atoms with Gasteiger partial charge < -0.3 is 10.6 Å². The van der Waals surface area contributed by atoms with Gasteiger partial charge in [-0.3, -0.25) is 9.59 Å². The molecule has 2 amide bonds. The van der Waals surface area contributed by atoms with Gasteiger partial charge in [0.25, 0.3) is 5.91 Å². The second-order valence-electron chi connectivity index (χ2n) is 5.86. The summed E-state index contributed by atoms with van der Waals surface area (Å²) < 4.78 is 1.50. The Morgan fingerprint density at radius 2 is 2.14 bits per heavy atom. The van der Waals surface area contributed by atoms with Gasteiger partial charge in [0.1, 0.15) is 0 Å². The number of nitrogens with zero attached hydrogens (tertiary/aromatic N) is 3. The second-order valence-corrected chi connectivity index (χ2v) is 5.86. The highest BCUT2D eigenvalue weighted by atomic mass is 16.2. The van der Waals surface area contributed by atoms with Crippen molar-refractivity contribution in [1.82, 2.24) is 19.9 Å². The zero-order valence-corrected chi connectivity index (χ0v) is 12.9. The van der Waals surface area contributed by atoms with Crippen LogP contribution in [0.5, 0.6) is 0 Å². The maximum Gasteiger partial charge on any atom is 0.271 e. The molecular weight excluding hydrogens is 282 g/mol. The topological polar surface area (TPSA) is 88.4 Å². The van der Waals surface area contributed by atoms with Gasteiger partial charge in [0.15, 0.2) is 17.2 Å². The van der Waals surface area contributed by atoms with E-state index in [1.54, 1.807) is 7.05 Å². The highest BCUT2D eigenvalue weighted by molar-refractivity contribution is 5.94. The lowest BCUT2D eigenvalue weighted by atomic mass is 10.1. The first-order valence-corrected chi connectivity index (χ1v) is 7.43. The molecule has 1 aliphatic carbocycles. The molecule has 0 aliphatic heterocycles. The number of carbonyl (C=O) groups is 2. The van der Waals surface area contributed by atoms with Crippen molar-refractivity contribution < 1.29 is 12.4 Å². The summed E-state index contributed by atoms with van der Waals surface area (Å²) in [5.74, 6) is 0.475. The average molecular weight is 305 g/mol. The first-order chi connectivity index (χ1) is 10.5. The third kappa shape index (κ3) is 2.54. The SMILES string of the molecule is CNC(=O)c1cnc2c(C(C)C)cc(NC(=O)C3CC3)nn12.[HH].[HH]. The van der Waals surface area contributed by atoms with Gasteiger partial charge in [-0.25, -0.2) is 9.50 Å². The lowest BCUT2D eigenvalue weighted by molar-refractivity contribution is -0.117. The number of carbonyl (C=O) groups excluding carboxylic acids is 2. The molecular formula is C15H23N5O2. The summed E-state index contributed by atoms with van der Waals surface area (Å²) in [6.45, 7) is 4.08. The molecule has 0 aromatic carbocycles. The molecule has 0 spiro atoms. The minimum atomic E-state index is -0.264. The van der Waals surface area contributed by atoms with E-state index in [-0.39, 0.29) is 26.5 Å². The molecule has 7 nitrogen and oxygen atoms in total. The zero-order valence-electron chi connectivity index (χ0n) is 12.9. The van der Waals surface area contributed by atoms with Crippen LogP contribution in [0.2, 0.25) is 0 Å². The molecule has 2 heterocycles. The smallest absolute Gasteiger partial charge is 0.271 e. The van der Waals surface area contributed by atoms with Crippen molar-refractivity contribution in [3.8, 4) is 0 Å². The van der Waals surface area contributed by atoms with E-state index in [1.807, 2.05) is 19.9 Å². The van der Waals surface area contributed by atoms with E-state index in [4.69, 9.17) is 0 Å². The van der Waals surface area contributed by atoms with Crippen LogP contribution in [0.1, 0.15) is 51.5 Å². The number of nitrogens with one attached hydrogen (secondary N) is 2. The molecule has 1 aliphatic rings. The van der Waals surface area contributed by atoms with E-state index in [0.717, 1.165) is 18.4 Å². The molecule has 0 atom stereocenters. The largest absolute Gasteiger partial charge is 0.354 e. The van der Waals surface area contributed by atoms with Gasteiger partial charge in [0.2, 0.25) is 5.91 Å². The van der Waals surface area contributed by atoms with E-state index in [9.17, 15) is 9.59 Å². The van der Waals surface area contributed by atoms with Crippen LogP contribution in [0.25, 0.3) is 5.65 Å². The molecule has 2 N–H and O–H groups in total. The Balaban J connectivity index is 0.00000144. The summed E-state index contributed by atoms with van der Waals surface area (Å²) in [6, 6.07) is 1.83. The van der Waals surface area contributed by atoms with E-state index in [0.29, 0.717) is 17.2 Å². The van der Waals surface area contributed by atoms with E-state index in [2.05, 4.69) is 20.7 Å². The Morgan fingerprint density at radius 3 is 2.73 bits per heavy atom. The first kappa shape index (κ1) is 14.5. The summed E-state index contributed by atoms with van der Waals surface area (Å²) in [4.78, 5) is 28.2. The van der Waals surface area contributed by atoms with Gasteiger partial charge >= 0.3 is 0 Å². The fourth-order valence-electron chi connectivity index (χ4n) is 2.33. The fourth-order valence-corrected chi connectivity index (χ4v) is 2.33. The number of amides is 2. The molecule has 0 saturated heterocycles. The lowest BCUT2D eigenvalue weighted by Gasteiger charge is -2.11. The molecule has 0 bridgehead atoms. The molecule has 2 aromatic rings. The van der Waals surface area contributed by atoms with Gasteiger partial charge in [0.05, 0.1) is 6.20 Å². The van der Waals surface area contributed by atoms with Crippen LogP contribution in [0, 0.1) is 5.92 Å². The van der Waals surface area contributed by atoms with E-state index < -0.39 is 0 Å². The van der Waals surface area contributed by atoms with Crippen molar-refractivity contribution in [2.45, 2.75) is 32.6 Å². The van der Waals surface area contributed by atoms with Crippen LogP contribution in [0.15, 0.2) is 12.3 Å². The van der Waals surface area contributed by atoms with Crippen LogP contribution in [-0.4, -0.2) is 33.5 Å². The van der Waals surface area contributed by atoms with Crippen LogP contribution < -0.4 is 10.6 Å². The fraction of sp³-hybridized carbons (Fsp3) is 0.467. The van der Waals surface area contributed by atoms with Crippen LogP contribution in [0.3, 0.4) is 0 Å². The normalized spacial score (nSPS) is 14.4. The van der Waals surface area contributed by atoms with Crippen molar-refractivity contribution in [1.29, 1.82) is 0 Å². The van der Waals surface area contributed by atoms with E-state index >= 15 is 0 Å². The number of hydrogen-bond acceptors (Lipinski definition) is 4. The summed E-state index contributed by atoms with van der Waals surface area (Å²) in [6.07, 6.45) is 3.36. The van der Waals surface area contributed by atoms with Crippen LogP contribution >= 0.6 is 0 Å². The van der Waals surface area contributed by atoms with Crippen molar-refractivity contribution in [2.24, 2.45) is 5.92 Å².